The molecule has 0 unspecified atom stereocenters. The van der Waals surface area contributed by atoms with Crippen LogP contribution < -0.4 is 9.30 Å². The van der Waals surface area contributed by atoms with Crippen molar-refractivity contribution in [3.63, 3.8) is 0 Å². The zero-order valence-electron chi connectivity index (χ0n) is 19.7. The molecule has 6 rings (SSSR count). The molecule has 1 aliphatic rings. The van der Waals surface area contributed by atoms with Gasteiger partial charge >= 0.3 is 0 Å². The van der Waals surface area contributed by atoms with Crippen LogP contribution in [0.3, 0.4) is 0 Å². The molecule has 164 valence electrons. The number of nitrogens with zero attached hydrogens (tertiary/aromatic N) is 1. The van der Waals surface area contributed by atoms with Crippen LogP contribution in [0.15, 0.2) is 54.7 Å². The van der Waals surface area contributed by atoms with E-state index in [1.165, 1.54) is 33.5 Å². The van der Waals surface area contributed by atoms with Crippen molar-refractivity contribution in [3.8, 4) is 22.8 Å². The van der Waals surface area contributed by atoms with Gasteiger partial charge in [0.25, 0.3) is 0 Å². The minimum absolute atomic E-state index is 0.220. The maximum absolute atomic E-state index is 14.8. The maximum atomic E-state index is 14.8. The Morgan fingerprint density at radius 1 is 0.909 bits per heavy atom. The van der Waals surface area contributed by atoms with Crippen LogP contribution in [0.4, 0.5) is 4.39 Å². The highest BCUT2D eigenvalue weighted by molar-refractivity contribution is 6.16. The smallest absolute Gasteiger partial charge is 0.228 e. The molecule has 0 saturated carbocycles. The number of hydrogen-bond donors (Lipinski definition) is 0. The molecule has 2 nitrogen and oxygen atoms in total. The molecule has 0 fully saturated rings. The predicted molar refractivity (Wildman–Crippen MR) is 134 cm³/mol. The highest BCUT2D eigenvalue weighted by Gasteiger charge is 2.33. The first-order chi connectivity index (χ1) is 15.8. The van der Waals surface area contributed by atoms with Crippen molar-refractivity contribution >= 4 is 32.3 Å². The summed E-state index contributed by atoms with van der Waals surface area (Å²) in [5, 5.41) is 6.11. The molecule has 33 heavy (non-hydrogen) atoms. The number of ether oxygens (including phenoxy) is 1. The zero-order valence-corrected chi connectivity index (χ0v) is 19.7. The van der Waals surface area contributed by atoms with Crippen LogP contribution >= 0.6 is 0 Å². The number of rotatable bonds is 2. The average Bonchev–Trinajstić information content (AvgIpc) is 2.78. The van der Waals surface area contributed by atoms with Gasteiger partial charge in [0.1, 0.15) is 24.4 Å². The number of hydrogen-bond acceptors (Lipinski definition) is 1. The third kappa shape index (κ3) is 2.81. The number of fused-ring (bicyclic) bond motifs is 5. The molecule has 0 bridgehead atoms. The number of aryl methyl sites for hydroxylation is 3. The summed E-state index contributed by atoms with van der Waals surface area (Å²) < 4.78 is 23.8. The monoisotopic (exact) mass is 436 g/mol. The summed E-state index contributed by atoms with van der Waals surface area (Å²) in [5.74, 6) is 1.91. The summed E-state index contributed by atoms with van der Waals surface area (Å²) in [7, 11) is 2.09. The van der Waals surface area contributed by atoms with Crippen molar-refractivity contribution < 1.29 is 13.7 Å². The first-order valence-electron chi connectivity index (χ1n) is 11.6. The van der Waals surface area contributed by atoms with Crippen LogP contribution in [0.2, 0.25) is 0 Å². The Kier molecular flexibility index (Phi) is 4.29. The van der Waals surface area contributed by atoms with Crippen LogP contribution in [0.1, 0.15) is 30.5 Å². The van der Waals surface area contributed by atoms with Crippen molar-refractivity contribution in [2.75, 3.05) is 0 Å². The normalized spacial score (nSPS) is 12.6. The summed E-state index contributed by atoms with van der Waals surface area (Å²) in [5.41, 5.74) is 6.00. The molecule has 3 heteroatoms. The quantitative estimate of drug-likeness (QED) is 0.200. The van der Waals surface area contributed by atoms with Crippen LogP contribution in [0.25, 0.3) is 43.6 Å². The van der Waals surface area contributed by atoms with E-state index < -0.39 is 0 Å². The fourth-order valence-corrected chi connectivity index (χ4v) is 5.55. The first kappa shape index (κ1) is 20.2. The van der Waals surface area contributed by atoms with E-state index in [2.05, 4.69) is 69.8 Å². The van der Waals surface area contributed by atoms with Crippen molar-refractivity contribution in [2.45, 2.75) is 34.1 Å². The summed E-state index contributed by atoms with van der Waals surface area (Å²) in [6, 6.07) is 16.0. The van der Waals surface area contributed by atoms with E-state index in [-0.39, 0.29) is 5.82 Å². The fraction of sp³-hybridized carbons (Fsp3) is 0.233. The van der Waals surface area contributed by atoms with E-state index in [0.717, 1.165) is 45.3 Å². The van der Waals surface area contributed by atoms with Gasteiger partial charge < -0.3 is 4.74 Å². The van der Waals surface area contributed by atoms with Crippen molar-refractivity contribution in [3.05, 3.63) is 77.2 Å². The molecular formula is C30H27FNO+. The van der Waals surface area contributed by atoms with E-state index in [1.807, 2.05) is 12.1 Å². The standard InChI is InChI=1S/C30H27FNO/c1-16(2)13-24-20-10-9-17(3)14-22(20)18(4)27-29-28-21(11-12-32(29)5)19-7-6-8-25(31)23(19)15-26(28)33-30(24)27/h6-12,14-16H,13H2,1-5H3/q+1. The van der Waals surface area contributed by atoms with Gasteiger partial charge in [0.15, 0.2) is 6.20 Å². The van der Waals surface area contributed by atoms with Gasteiger partial charge in [0.2, 0.25) is 5.69 Å². The number of benzene rings is 4. The summed E-state index contributed by atoms with van der Waals surface area (Å²) >= 11 is 0. The Hall–Kier alpha value is -3.46. The first-order valence-corrected chi connectivity index (χ1v) is 11.6. The van der Waals surface area contributed by atoms with Gasteiger partial charge in [0.05, 0.1) is 10.9 Å². The second-order valence-corrected chi connectivity index (χ2v) is 9.83. The summed E-state index contributed by atoms with van der Waals surface area (Å²) in [4.78, 5) is 0. The van der Waals surface area contributed by atoms with Gasteiger partial charge in [-0.15, -0.1) is 0 Å². The molecule has 0 N–H and O–H groups in total. The Labute approximate surface area is 193 Å². The van der Waals surface area contributed by atoms with Gasteiger partial charge in [-0.25, -0.2) is 8.96 Å². The number of pyridine rings is 1. The lowest BCUT2D eigenvalue weighted by Crippen LogP contribution is -2.32. The van der Waals surface area contributed by atoms with E-state index in [0.29, 0.717) is 11.3 Å². The third-order valence-electron chi connectivity index (χ3n) is 7.03. The molecule has 2 heterocycles. The van der Waals surface area contributed by atoms with Gasteiger partial charge in [0, 0.05) is 22.4 Å². The Bertz CT molecular complexity index is 1630. The molecule has 0 amide bonds. The van der Waals surface area contributed by atoms with Gasteiger partial charge in [-0.2, -0.15) is 0 Å². The van der Waals surface area contributed by atoms with Gasteiger partial charge in [-0.05, 0) is 60.0 Å². The molecule has 0 radical (unpaired) electrons. The molecule has 5 aromatic rings. The third-order valence-corrected chi connectivity index (χ3v) is 7.03. The fourth-order valence-electron chi connectivity index (χ4n) is 5.55. The van der Waals surface area contributed by atoms with Gasteiger partial charge in [-0.3, -0.25) is 0 Å². The number of aromatic nitrogens is 1. The second-order valence-electron chi connectivity index (χ2n) is 9.83. The van der Waals surface area contributed by atoms with Crippen LogP contribution in [-0.4, -0.2) is 0 Å². The van der Waals surface area contributed by atoms with Crippen molar-refractivity contribution in [1.29, 1.82) is 0 Å². The minimum Gasteiger partial charge on any atom is -0.455 e. The van der Waals surface area contributed by atoms with Crippen molar-refractivity contribution in [2.24, 2.45) is 13.0 Å². The van der Waals surface area contributed by atoms with E-state index in [9.17, 15) is 4.39 Å². The Morgan fingerprint density at radius 3 is 2.52 bits per heavy atom. The summed E-state index contributed by atoms with van der Waals surface area (Å²) in [6.45, 7) is 8.83. The SMILES string of the molecule is Cc1ccc2c(CC(C)C)c3c(c(C)c2c1)-c1c2c(cc4c(F)cccc4c2cc[n+]1C)O3. The van der Waals surface area contributed by atoms with Crippen LogP contribution in [0, 0.1) is 25.6 Å². The predicted octanol–water partition coefficient (Wildman–Crippen LogP) is 7.70. The minimum atomic E-state index is -0.220. The molecule has 4 aromatic carbocycles. The molecular weight excluding hydrogens is 409 g/mol. The lowest BCUT2D eigenvalue weighted by molar-refractivity contribution is -0.659. The molecule has 1 aliphatic heterocycles. The molecule has 0 saturated heterocycles. The Balaban J connectivity index is 1.84. The van der Waals surface area contributed by atoms with E-state index >= 15 is 0 Å². The second kappa shape index (κ2) is 7.02. The molecule has 0 atom stereocenters. The number of halogens is 1. The average molecular weight is 437 g/mol. The molecule has 0 spiro atoms. The Morgan fingerprint density at radius 2 is 1.73 bits per heavy atom. The van der Waals surface area contributed by atoms with E-state index in [1.54, 1.807) is 6.07 Å². The zero-order chi connectivity index (χ0) is 23.0. The largest absolute Gasteiger partial charge is 0.455 e. The van der Waals surface area contributed by atoms with Gasteiger partial charge in [-0.1, -0.05) is 49.7 Å². The van der Waals surface area contributed by atoms with E-state index in [4.69, 9.17) is 4.74 Å². The highest BCUT2D eigenvalue weighted by Crippen LogP contribution is 2.52. The topological polar surface area (TPSA) is 13.1 Å². The molecule has 1 aromatic heterocycles. The van der Waals surface area contributed by atoms with Crippen LogP contribution in [0.5, 0.6) is 11.5 Å². The van der Waals surface area contributed by atoms with Crippen LogP contribution in [-0.2, 0) is 13.5 Å². The highest BCUT2D eigenvalue weighted by atomic mass is 19.1. The van der Waals surface area contributed by atoms with Crippen molar-refractivity contribution in [1.82, 2.24) is 0 Å². The lowest BCUT2D eigenvalue weighted by atomic mass is 9.85. The summed E-state index contributed by atoms with van der Waals surface area (Å²) in [6.07, 6.45) is 3.00. The maximum Gasteiger partial charge on any atom is 0.228 e. The lowest BCUT2D eigenvalue weighted by Gasteiger charge is -2.26. The molecule has 0 aliphatic carbocycles.